The molecule has 0 fully saturated rings. The number of rotatable bonds is 4. The number of furan rings is 1. The molecule has 3 nitrogen and oxygen atoms in total. The minimum Gasteiger partial charge on any atom is -0.461 e. The number of hydrogen-bond acceptors (Lipinski definition) is 2. The lowest BCUT2D eigenvalue weighted by molar-refractivity contribution is 0.516. The molecule has 3 rings (SSSR count). The highest BCUT2D eigenvalue weighted by molar-refractivity contribution is 5.85. The fourth-order valence-electron chi connectivity index (χ4n) is 2.28. The number of hydrogen-bond donors (Lipinski definition) is 0. The first-order chi connectivity index (χ1) is 9.25. The van der Waals surface area contributed by atoms with E-state index in [4.69, 9.17) is 9.40 Å². The van der Waals surface area contributed by atoms with Crippen molar-refractivity contribution in [1.29, 1.82) is 0 Å². The molecule has 2 aromatic heterocycles. The number of fused-ring (bicyclic) bond motifs is 1. The van der Waals surface area contributed by atoms with Crippen LogP contribution in [0.5, 0.6) is 0 Å². The van der Waals surface area contributed by atoms with Gasteiger partial charge in [-0.25, -0.2) is 4.98 Å². The number of halogens is 1. The van der Waals surface area contributed by atoms with Crippen LogP contribution in [0.1, 0.15) is 20.3 Å². The van der Waals surface area contributed by atoms with Crippen molar-refractivity contribution in [3.63, 3.8) is 0 Å². The largest absolute Gasteiger partial charge is 0.461 e. The molecular formula is C16H19ClN2O. The summed E-state index contributed by atoms with van der Waals surface area (Å²) < 4.78 is 7.77. The molecule has 0 bridgehead atoms. The molecular weight excluding hydrogens is 272 g/mol. The van der Waals surface area contributed by atoms with Crippen molar-refractivity contribution in [2.24, 2.45) is 5.92 Å². The quantitative estimate of drug-likeness (QED) is 0.693. The molecule has 2 heterocycles. The summed E-state index contributed by atoms with van der Waals surface area (Å²) in [7, 11) is 0. The van der Waals surface area contributed by atoms with Gasteiger partial charge in [0.1, 0.15) is 0 Å². The molecule has 4 heteroatoms. The van der Waals surface area contributed by atoms with Crippen LogP contribution in [-0.4, -0.2) is 9.55 Å². The van der Waals surface area contributed by atoms with E-state index in [0.29, 0.717) is 5.92 Å². The second-order valence-corrected chi connectivity index (χ2v) is 5.24. The molecule has 0 amide bonds. The van der Waals surface area contributed by atoms with Crippen LogP contribution in [0.3, 0.4) is 0 Å². The Morgan fingerprint density at radius 1 is 1.15 bits per heavy atom. The molecule has 0 saturated carbocycles. The number of para-hydroxylation sites is 2. The van der Waals surface area contributed by atoms with E-state index in [9.17, 15) is 0 Å². The van der Waals surface area contributed by atoms with Crippen molar-refractivity contribution in [3.05, 3.63) is 42.7 Å². The monoisotopic (exact) mass is 290 g/mol. The zero-order valence-corrected chi connectivity index (χ0v) is 12.6. The topological polar surface area (TPSA) is 31.0 Å². The first kappa shape index (κ1) is 14.7. The molecule has 20 heavy (non-hydrogen) atoms. The SMILES string of the molecule is CC(C)CCn1c(-c2ccco2)nc2ccccc21.Cl. The molecule has 0 unspecified atom stereocenters. The van der Waals surface area contributed by atoms with Gasteiger partial charge in [0, 0.05) is 6.54 Å². The molecule has 1 aromatic carbocycles. The fraction of sp³-hybridized carbons (Fsp3) is 0.312. The van der Waals surface area contributed by atoms with Gasteiger partial charge in [-0.05, 0) is 36.6 Å². The Morgan fingerprint density at radius 3 is 2.65 bits per heavy atom. The summed E-state index contributed by atoms with van der Waals surface area (Å²) in [5, 5.41) is 0. The standard InChI is InChI=1S/C16H18N2O.ClH/c1-12(2)9-10-18-14-7-4-3-6-13(14)17-16(18)15-8-5-11-19-15;/h3-8,11-12H,9-10H2,1-2H3;1H. The van der Waals surface area contributed by atoms with E-state index >= 15 is 0 Å². The van der Waals surface area contributed by atoms with Gasteiger partial charge in [0.2, 0.25) is 0 Å². The van der Waals surface area contributed by atoms with Gasteiger partial charge in [-0.1, -0.05) is 26.0 Å². The molecule has 0 aliphatic carbocycles. The third-order valence-electron chi connectivity index (χ3n) is 3.33. The van der Waals surface area contributed by atoms with Gasteiger partial charge in [-0.3, -0.25) is 0 Å². The van der Waals surface area contributed by atoms with E-state index in [0.717, 1.165) is 30.1 Å². The van der Waals surface area contributed by atoms with Crippen molar-refractivity contribution in [1.82, 2.24) is 9.55 Å². The summed E-state index contributed by atoms with van der Waals surface area (Å²) in [5.41, 5.74) is 2.20. The molecule has 0 N–H and O–H groups in total. The van der Waals surface area contributed by atoms with Crippen LogP contribution in [0.4, 0.5) is 0 Å². The molecule has 0 aliphatic rings. The zero-order chi connectivity index (χ0) is 13.2. The van der Waals surface area contributed by atoms with Crippen molar-refractivity contribution in [2.45, 2.75) is 26.8 Å². The van der Waals surface area contributed by atoms with Crippen molar-refractivity contribution >= 4 is 23.4 Å². The van der Waals surface area contributed by atoms with Gasteiger partial charge in [-0.15, -0.1) is 12.4 Å². The molecule has 0 radical (unpaired) electrons. The maximum Gasteiger partial charge on any atom is 0.177 e. The Morgan fingerprint density at radius 2 is 1.95 bits per heavy atom. The number of nitrogens with zero attached hydrogens (tertiary/aromatic N) is 2. The molecule has 0 atom stereocenters. The highest BCUT2D eigenvalue weighted by atomic mass is 35.5. The number of aromatic nitrogens is 2. The molecule has 0 saturated heterocycles. The third-order valence-corrected chi connectivity index (χ3v) is 3.33. The molecule has 3 aromatic rings. The van der Waals surface area contributed by atoms with Crippen molar-refractivity contribution in [2.75, 3.05) is 0 Å². The lowest BCUT2D eigenvalue weighted by Gasteiger charge is -2.09. The van der Waals surface area contributed by atoms with Gasteiger partial charge < -0.3 is 8.98 Å². The third kappa shape index (κ3) is 2.73. The Labute approximate surface area is 125 Å². The Kier molecular flexibility index (Phi) is 4.50. The Hall–Kier alpha value is -1.74. The predicted octanol–water partition coefficient (Wildman–Crippen LogP) is 4.76. The van der Waals surface area contributed by atoms with Crippen LogP contribution in [0, 0.1) is 5.92 Å². The number of imidazole rings is 1. The van der Waals surface area contributed by atoms with Crippen LogP contribution in [-0.2, 0) is 6.54 Å². The van der Waals surface area contributed by atoms with Crippen LogP contribution in [0.2, 0.25) is 0 Å². The van der Waals surface area contributed by atoms with Crippen molar-refractivity contribution in [3.8, 4) is 11.6 Å². The number of aryl methyl sites for hydroxylation is 1. The average Bonchev–Trinajstić information content (AvgIpc) is 3.03. The summed E-state index contributed by atoms with van der Waals surface area (Å²) in [6.45, 7) is 5.45. The minimum atomic E-state index is 0. The summed E-state index contributed by atoms with van der Waals surface area (Å²) >= 11 is 0. The van der Waals surface area contributed by atoms with Crippen LogP contribution >= 0.6 is 12.4 Å². The summed E-state index contributed by atoms with van der Waals surface area (Å²) in [4.78, 5) is 4.70. The Bertz CT molecular complexity index is 671. The van der Waals surface area contributed by atoms with E-state index in [-0.39, 0.29) is 12.4 Å². The highest BCUT2D eigenvalue weighted by Crippen LogP contribution is 2.25. The maximum absolute atomic E-state index is 5.51. The zero-order valence-electron chi connectivity index (χ0n) is 11.7. The average molecular weight is 291 g/mol. The second kappa shape index (κ2) is 6.14. The van der Waals surface area contributed by atoms with E-state index in [2.05, 4.69) is 30.5 Å². The fourth-order valence-corrected chi connectivity index (χ4v) is 2.28. The highest BCUT2D eigenvalue weighted by Gasteiger charge is 2.14. The minimum absolute atomic E-state index is 0. The normalized spacial score (nSPS) is 10.9. The maximum atomic E-state index is 5.51. The summed E-state index contributed by atoms with van der Waals surface area (Å²) in [6.07, 6.45) is 2.83. The van der Waals surface area contributed by atoms with Crippen LogP contribution in [0.15, 0.2) is 47.1 Å². The molecule has 0 aliphatic heterocycles. The van der Waals surface area contributed by atoms with Crippen LogP contribution < -0.4 is 0 Å². The lowest BCUT2D eigenvalue weighted by Crippen LogP contribution is -2.03. The molecule has 0 spiro atoms. The second-order valence-electron chi connectivity index (χ2n) is 5.24. The lowest BCUT2D eigenvalue weighted by atomic mass is 10.1. The van der Waals surface area contributed by atoms with Gasteiger partial charge in [0.05, 0.1) is 17.3 Å². The summed E-state index contributed by atoms with van der Waals surface area (Å²) in [6, 6.07) is 12.1. The van der Waals surface area contributed by atoms with E-state index in [1.54, 1.807) is 6.26 Å². The Balaban J connectivity index is 0.00000147. The van der Waals surface area contributed by atoms with Gasteiger partial charge in [0.15, 0.2) is 11.6 Å². The van der Waals surface area contributed by atoms with Gasteiger partial charge in [-0.2, -0.15) is 0 Å². The van der Waals surface area contributed by atoms with E-state index < -0.39 is 0 Å². The molecule has 106 valence electrons. The predicted molar refractivity (Wildman–Crippen MR) is 84.1 cm³/mol. The first-order valence-electron chi connectivity index (χ1n) is 6.75. The first-order valence-corrected chi connectivity index (χ1v) is 6.75. The van der Waals surface area contributed by atoms with Gasteiger partial charge in [0.25, 0.3) is 0 Å². The van der Waals surface area contributed by atoms with E-state index in [1.807, 2.05) is 24.3 Å². The van der Waals surface area contributed by atoms with Crippen molar-refractivity contribution < 1.29 is 4.42 Å². The summed E-state index contributed by atoms with van der Waals surface area (Å²) in [5.74, 6) is 2.43. The van der Waals surface area contributed by atoms with E-state index in [1.165, 1.54) is 5.52 Å². The van der Waals surface area contributed by atoms with Crippen LogP contribution in [0.25, 0.3) is 22.6 Å². The smallest absolute Gasteiger partial charge is 0.177 e. The van der Waals surface area contributed by atoms with Gasteiger partial charge >= 0.3 is 0 Å². The number of benzene rings is 1.